The van der Waals surface area contributed by atoms with Gasteiger partial charge in [-0.3, -0.25) is 0 Å². The third-order valence-electron chi connectivity index (χ3n) is 3.28. The Morgan fingerprint density at radius 3 is 2.38 bits per heavy atom. The van der Waals surface area contributed by atoms with Gasteiger partial charge < -0.3 is 31.8 Å². The summed E-state index contributed by atoms with van der Waals surface area (Å²) in [6.45, 7) is 4.02. The second-order valence-corrected chi connectivity index (χ2v) is 5.09. The Bertz CT molecular complexity index is 433. The van der Waals surface area contributed by atoms with E-state index in [4.69, 9.17) is 14.9 Å². The highest BCUT2D eigenvalue weighted by molar-refractivity contribution is 5.89. The first-order valence-electron chi connectivity index (χ1n) is 6.86. The molecular formula is C15H24ClNO4. The summed E-state index contributed by atoms with van der Waals surface area (Å²) in [5.41, 5.74) is 1.52. The minimum absolute atomic E-state index is 0. The maximum atomic E-state index is 11.7. The lowest BCUT2D eigenvalue weighted by atomic mass is 10.1. The van der Waals surface area contributed by atoms with E-state index in [0.717, 1.165) is 5.56 Å². The number of carbonyl (C=O) groups excluding carboxylic acids is 1. The topological polar surface area (TPSA) is 66.8 Å². The number of nitrogens with zero attached hydrogens (tertiary/aromatic N) is 1. The van der Waals surface area contributed by atoms with Crippen molar-refractivity contribution in [2.75, 3.05) is 40.0 Å². The summed E-state index contributed by atoms with van der Waals surface area (Å²) in [6, 6.07) is 7.30. The smallest absolute Gasteiger partial charge is 0.338 e. The molecule has 0 saturated carbocycles. The fourth-order valence-electron chi connectivity index (χ4n) is 2.20. The first-order chi connectivity index (χ1) is 9.54. The van der Waals surface area contributed by atoms with Crippen LogP contribution in [0.3, 0.4) is 0 Å². The van der Waals surface area contributed by atoms with Crippen molar-refractivity contribution in [2.45, 2.75) is 13.5 Å². The second-order valence-electron chi connectivity index (χ2n) is 5.09. The number of aliphatic hydroxyl groups excluding tert-OH is 2. The van der Waals surface area contributed by atoms with Gasteiger partial charge in [-0.1, -0.05) is 12.1 Å². The van der Waals surface area contributed by atoms with E-state index in [9.17, 15) is 4.79 Å². The van der Waals surface area contributed by atoms with E-state index in [2.05, 4.69) is 0 Å². The van der Waals surface area contributed by atoms with Crippen molar-refractivity contribution in [3.63, 3.8) is 0 Å². The lowest BCUT2D eigenvalue weighted by molar-refractivity contribution is -0.923. The highest BCUT2D eigenvalue weighted by atomic mass is 35.5. The summed E-state index contributed by atoms with van der Waals surface area (Å²) < 4.78 is 5.51. The SMILES string of the molecule is CCOC(=O)c1cccc(C[N+](C)(CCO)CCO)c1.[Cl-]. The average molecular weight is 318 g/mol. The van der Waals surface area contributed by atoms with Crippen LogP contribution in [-0.2, 0) is 11.3 Å². The van der Waals surface area contributed by atoms with Crippen LogP contribution in [-0.4, -0.2) is 60.6 Å². The van der Waals surface area contributed by atoms with E-state index in [1.165, 1.54) is 0 Å². The minimum atomic E-state index is -0.326. The fraction of sp³-hybridized carbons (Fsp3) is 0.533. The molecule has 0 aliphatic heterocycles. The maximum Gasteiger partial charge on any atom is 0.338 e. The van der Waals surface area contributed by atoms with Gasteiger partial charge in [0.15, 0.2) is 0 Å². The number of aliphatic hydroxyl groups is 2. The van der Waals surface area contributed by atoms with Crippen molar-refractivity contribution >= 4 is 5.97 Å². The van der Waals surface area contributed by atoms with Gasteiger partial charge in [-0.25, -0.2) is 4.79 Å². The van der Waals surface area contributed by atoms with Gasteiger partial charge in [-0.05, 0) is 19.1 Å². The fourth-order valence-corrected chi connectivity index (χ4v) is 2.20. The molecule has 0 heterocycles. The summed E-state index contributed by atoms with van der Waals surface area (Å²) >= 11 is 0. The summed E-state index contributed by atoms with van der Waals surface area (Å²) in [7, 11) is 1.98. The van der Waals surface area contributed by atoms with Crippen LogP contribution in [0.5, 0.6) is 0 Å². The van der Waals surface area contributed by atoms with Crippen molar-refractivity contribution in [1.82, 2.24) is 0 Å². The molecule has 2 N–H and O–H groups in total. The van der Waals surface area contributed by atoms with Crippen molar-refractivity contribution < 1.29 is 36.6 Å². The Balaban J connectivity index is 0.00000400. The maximum absolute atomic E-state index is 11.7. The Hall–Kier alpha value is -1.14. The highest BCUT2D eigenvalue weighted by Crippen LogP contribution is 2.14. The molecule has 1 rings (SSSR count). The van der Waals surface area contributed by atoms with Gasteiger partial charge in [0.25, 0.3) is 0 Å². The van der Waals surface area contributed by atoms with E-state index in [-0.39, 0.29) is 31.6 Å². The zero-order valence-corrected chi connectivity index (χ0v) is 13.3. The molecule has 120 valence electrons. The van der Waals surface area contributed by atoms with Gasteiger partial charge in [0.05, 0.1) is 32.4 Å². The molecule has 0 saturated heterocycles. The molecule has 1 aromatic carbocycles. The molecule has 0 radical (unpaired) electrons. The molecular weight excluding hydrogens is 294 g/mol. The van der Waals surface area contributed by atoms with E-state index in [0.29, 0.717) is 36.3 Å². The summed E-state index contributed by atoms with van der Waals surface area (Å²) in [6.07, 6.45) is 0. The summed E-state index contributed by atoms with van der Waals surface area (Å²) in [4.78, 5) is 11.7. The van der Waals surface area contributed by atoms with Crippen LogP contribution in [0, 0.1) is 0 Å². The summed E-state index contributed by atoms with van der Waals surface area (Å²) in [5, 5.41) is 18.3. The molecule has 0 aliphatic rings. The number of esters is 1. The van der Waals surface area contributed by atoms with Crippen molar-refractivity contribution in [3.05, 3.63) is 35.4 Å². The number of quaternary nitrogens is 1. The third-order valence-corrected chi connectivity index (χ3v) is 3.28. The Morgan fingerprint density at radius 1 is 1.24 bits per heavy atom. The molecule has 0 aromatic heterocycles. The first kappa shape index (κ1) is 19.9. The van der Waals surface area contributed by atoms with Crippen LogP contribution in [0.2, 0.25) is 0 Å². The molecule has 0 amide bonds. The standard InChI is InChI=1S/C15H24NO4.ClH/c1-3-20-15(19)14-6-4-5-13(11-14)12-16(2,7-9-17)8-10-18;/h4-6,11,17-18H,3,7-10,12H2,1-2H3;1H/q+1;/p-1. The predicted molar refractivity (Wildman–Crippen MR) is 76.2 cm³/mol. The third kappa shape index (κ3) is 6.44. The molecule has 0 spiro atoms. The van der Waals surface area contributed by atoms with E-state index >= 15 is 0 Å². The monoisotopic (exact) mass is 317 g/mol. The van der Waals surface area contributed by atoms with E-state index < -0.39 is 0 Å². The molecule has 5 nitrogen and oxygen atoms in total. The van der Waals surface area contributed by atoms with Crippen LogP contribution >= 0.6 is 0 Å². The van der Waals surface area contributed by atoms with E-state index in [1.807, 2.05) is 25.2 Å². The number of hydrogen-bond acceptors (Lipinski definition) is 4. The largest absolute Gasteiger partial charge is 1.00 e. The zero-order valence-electron chi connectivity index (χ0n) is 12.6. The Labute approximate surface area is 132 Å². The van der Waals surface area contributed by atoms with Crippen LogP contribution in [0.4, 0.5) is 0 Å². The molecule has 0 fully saturated rings. The quantitative estimate of drug-likeness (QED) is 0.422. The Kier molecular flexibility index (Phi) is 9.21. The normalized spacial score (nSPS) is 10.9. The highest BCUT2D eigenvalue weighted by Gasteiger charge is 2.21. The van der Waals surface area contributed by atoms with E-state index in [1.54, 1.807) is 13.0 Å². The molecule has 21 heavy (non-hydrogen) atoms. The number of likely N-dealkylation sites (N-methyl/N-ethyl adjacent to an activating group) is 1. The van der Waals surface area contributed by atoms with Gasteiger partial charge in [0, 0.05) is 5.56 Å². The van der Waals surface area contributed by atoms with Crippen LogP contribution in [0.25, 0.3) is 0 Å². The van der Waals surface area contributed by atoms with Crippen LogP contribution < -0.4 is 12.4 Å². The van der Waals surface area contributed by atoms with Crippen LogP contribution in [0.1, 0.15) is 22.8 Å². The van der Waals surface area contributed by atoms with Crippen molar-refractivity contribution in [1.29, 1.82) is 0 Å². The minimum Gasteiger partial charge on any atom is -1.00 e. The molecule has 1 aromatic rings. The summed E-state index contributed by atoms with van der Waals surface area (Å²) in [5.74, 6) is -0.326. The van der Waals surface area contributed by atoms with Crippen molar-refractivity contribution in [2.24, 2.45) is 0 Å². The predicted octanol–water partition coefficient (Wildman–Crippen LogP) is -2.20. The Morgan fingerprint density at radius 2 is 1.86 bits per heavy atom. The molecule has 0 unspecified atom stereocenters. The number of carbonyl (C=O) groups is 1. The van der Waals surface area contributed by atoms with Crippen LogP contribution in [0.15, 0.2) is 24.3 Å². The van der Waals surface area contributed by atoms with Gasteiger partial charge in [0.1, 0.15) is 19.6 Å². The number of halogens is 1. The van der Waals surface area contributed by atoms with Gasteiger partial charge in [0.2, 0.25) is 0 Å². The molecule has 0 atom stereocenters. The zero-order chi connectivity index (χ0) is 15.0. The second kappa shape index (κ2) is 9.73. The van der Waals surface area contributed by atoms with Gasteiger partial charge >= 0.3 is 5.97 Å². The first-order valence-corrected chi connectivity index (χ1v) is 6.86. The van der Waals surface area contributed by atoms with Gasteiger partial charge in [-0.2, -0.15) is 0 Å². The molecule has 0 aliphatic carbocycles. The molecule has 0 bridgehead atoms. The van der Waals surface area contributed by atoms with Crippen molar-refractivity contribution in [3.8, 4) is 0 Å². The molecule has 6 heteroatoms. The number of hydrogen-bond donors (Lipinski definition) is 2. The number of benzene rings is 1. The van der Waals surface area contributed by atoms with Gasteiger partial charge in [-0.15, -0.1) is 0 Å². The lowest BCUT2D eigenvalue weighted by Crippen LogP contribution is -3.00. The number of ether oxygens (including phenoxy) is 1. The average Bonchev–Trinajstić information content (AvgIpc) is 2.39. The number of rotatable bonds is 8. The lowest BCUT2D eigenvalue weighted by Gasteiger charge is -2.33.